The van der Waals surface area contributed by atoms with Gasteiger partial charge in [-0.1, -0.05) is 36.4 Å². The molecular formula is C12H11F. The van der Waals surface area contributed by atoms with Crippen LogP contribution in [0.3, 0.4) is 0 Å². The van der Waals surface area contributed by atoms with Gasteiger partial charge in [-0.15, -0.1) is 0 Å². The third-order valence-electron chi connectivity index (χ3n) is 2.28. The molecule has 0 spiro atoms. The average molecular weight is 174 g/mol. The number of rotatable bonds is 1. The molecule has 1 aliphatic carbocycles. The van der Waals surface area contributed by atoms with Crippen molar-refractivity contribution in [2.24, 2.45) is 0 Å². The molecule has 0 bridgehead atoms. The van der Waals surface area contributed by atoms with Gasteiger partial charge in [0.15, 0.2) is 0 Å². The summed E-state index contributed by atoms with van der Waals surface area (Å²) in [7, 11) is 0. The molecule has 0 nitrogen and oxygen atoms in total. The molecule has 0 fully saturated rings. The smallest absolute Gasteiger partial charge is 0.118 e. The summed E-state index contributed by atoms with van der Waals surface area (Å²) in [5.74, 6) is 0.230. The summed E-state index contributed by atoms with van der Waals surface area (Å²) < 4.78 is 12.6. The zero-order valence-electron chi connectivity index (χ0n) is 7.28. The Hall–Kier alpha value is -1.37. The van der Waals surface area contributed by atoms with Gasteiger partial charge in [0.1, 0.15) is 5.83 Å². The second kappa shape index (κ2) is 3.56. The topological polar surface area (TPSA) is 0 Å². The fraction of sp³-hybridized carbons (Fsp3) is 0.167. The molecule has 1 atom stereocenters. The van der Waals surface area contributed by atoms with Crippen molar-refractivity contribution < 1.29 is 4.39 Å². The van der Waals surface area contributed by atoms with Crippen LogP contribution in [0.1, 0.15) is 17.9 Å². The third kappa shape index (κ3) is 1.86. The summed E-state index contributed by atoms with van der Waals surface area (Å²) in [5, 5.41) is 0. The van der Waals surface area contributed by atoms with Gasteiger partial charge in [-0.05, 0) is 24.1 Å². The van der Waals surface area contributed by atoms with E-state index in [9.17, 15) is 4.39 Å². The normalized spacial score (nSPS) is 21.3. The molecule has 13 heavy (non-hydrogen) atoms. The Bertz CT molecular complexity index is 335. The molecule has 0 saturated carbocycles. The lowest BCUT2D eigenvalue weighted by molar-refractivity contribution is 0.643. The zero-order valence-corrected chi connectivity index (χ0v) is 7.28. The fourth-order valence-electron chi connectivity index (χ4n) is 1.54. The van der Waals surface area contributed by atoms with Crippen molar-refractivity contribution in [2.45, 2.75) is 12.3 Å². The van der Waals surface area contributed by atoms with Crippen LogP contribution in [0.25, 0.3) is 0 Å². The maximum atomic E-state index is 12.6. The monoisotopic (exact) mass is 174 g/mol. The summed E-state index contributed by atoms with van der Waals surface area (Å²) in [6.07, 6.45) is 5.87. The highest BCUT2D eigenvalue weighted by atomic mass is 19.1. The van der Waals surface area contributed by atoms with E-state index in [4.69, 9.17) is 0 Å². The Morgan fingerprint density at radius 1 is 1.15 bits per heavy atom. The standard InChI is InChI=1S/C12H11F/c13-12-8-6-11(7-9-12)10-4-2-1-3-5-10/h1-6,8-9,11H,7H2. The van der Waals surface area contributed by atoms with Gasteiger partial charge in [0.25, 0.3) is 0 Å². The van der Waals surface area contributed by atoms with Gasteiger partial charge >= 0.3 is 0 Å². The van der Waals surface area contributed by atoms with Crippen molar-refractivity contribution in [1.29, 1.82) is 0 Å². The van der Waals surface area contributed by atoms with Crippen molar-refractivity contribution >= 4 is 0 Å². The van der Waals surface area contributed by atoms with Crippen LogP contribution in [0.2, 0.25) is 0 Å². The molecule has 0 radical (unpaired) electrons. The first-order chi connectivity index (χ1) is 6.36. The van der Waals surface area contributed by atoms with Crippen LogP contribution < -0.4 is 0 Å². The quantitative estimate of drug-likeness (QED) is 0.610. The summed E-state index contributed by atoms with van der Waals surface area (Å²) in [4.78, 5) is 0. The highest BCUT2D eigenvalue weighted by molar-refractivity contribution is 5.30. The molecule has 0 aromatic heterocycles. The van der Waals surface area contributed by atoms with Gasteiger partial charge in [0, 0.05) is 5.92 Å². The Balaban J connectivity index is 2.18. The Labute approximate surface area is 77.4 Å². The maximum Gasteiger partial charge on any atom is 0.118 e. The van der Waals surface area contributed by atoms with E-state index in [1.807, 2.05) is 24.3 Å². The molecule has 2 rings (SSSR count). The van der Waals surface area contributed by atoms with E-state index in [0.717, 1.165) is 6.42 Å². The van der Waals surface area contributed by atoms with E-state index in [2.05, 4.69) is 12.1 Å². The predicted octanol–water partition coefficient (Wildman–Crippen LogP) is 3.58. The van der Waals surface area contributed by atoms with Crippen molar-refractivity contribution in [2.75, 3.05) is 0 Å². The Morgan fingerprint density at radius 2 is 1.92 bits per heavy atom. The summed E-state index contributed by atoms with van der Waals surface area (Å²) in [6.45, 7) is 0. The molecule has 1 aliphatic rings. The molecule has 0 N–H and O–H groups in total. The van der Waals surface area contributed by atoms with Crippen LogP contribution in [0.15, 0.2) is 54.4 Å². The van der Waals surface area contributed by atoms with Crippen molar-refractivity contribution in [3.8, 4) is 0 Å². The summed E-state index contributed by atoms with van der Waals surface area (Å²) in [5.41, 5.74) is 1.25. The van der Waals surface area contributed by atoms with Gasteiger partial charge < -0.3 is 0 Å². The van der Waals surface area contributed by atoms with Gasteiger partial charge in [0.05, 0.1) is 0 Å². The molecule has 0 amide bonds. The molecule has 0 heterocycles. The summed E-state index contributed by atoms with van der Waals surface area (Å²) in [6, 6.07) is 10.2. The van der Waals surface area contributed by atoms with Crippen molar-refractivity contribution in [3.63, 3.8) is 0 Å². The number of allylic oxidation sites excluding steroid dienone is 4. The molecule has 1 aromatic rings. The molecule has 1 unspecified atom stereocenters. The molecule has 66 valence electrons. The minimum Gasteiger partial charge on any atom is -0.207 e. The second-order valence-electron chi connectivity index (χ2n) is 3.20. The zero-order chi connectivity index (χ0) is 9.10. The van der Waals surface area contributed by atoms with Crippen LogP contribution in [0.5, 0.6) is 0 Å². The predicted molar refractivity (Wildman–Crippen MR) is 52.1 cm³/mol. The Kier molecular flexibility index (Phi) is 2.26. The molecular weight excluding hydrogens is 163 g/mol. The minimum atomic E-state index is -0.118. The molecule has 1 aromatic carbocycles. The van der Waals surface area contributed by atoms with Crippen LogP contribution >= 0.6 is 0 Å². The average Bonchev–Trinajstić information content (AvgIpc) is 2.20. The number of benzene rings is 1. The van der Waals surface area contributed by atoms with Crippen molar-refractivity contribution in [1.82, 2.24) is 0 Å². The number of hydrogen-bond donors (Lipinski definition) is 0. The molecule has 1 heteroatoms. The molecule has 0 saturated heterocycles. The summed E-state index contributed by atoms with van der Waals surface area (Å²) >= 11 is 0. The second-order valence-corrected chi connectivity index (χ2v) is 3.20. The van der Waals surface area contributed by atoms with E-state index in [-0.39, 0.29) is 5.83 Å². The van der Waals surface area contributed by atoms with E-state index < -0.39 is 0 Å². The largest absolute Gasteiger partial charge is 0.207 e. The van der Waals surface area contributed by atoms with Crippen LogP contribution in [0.4, 0.5) is 4.39 Å². The van der Waals surface area contributed by atoms with E-state index >= 15 is 0 Å². The number of halogens is 1. The lowest BCUT2D eigenvalue weighted by Crippen LogP contribution is -1.96. The van der Waals surface area contributed by atoms with Crippen LogP contribution in [-0.4, -0.2) is 0 Å². The van der Waals surface area contributed by atoms with Gasteiger partial charge in [-0.2, -0.15) is 0 Å². The van der Waals surface area contributed by atoms with Gasteiger partial charge in [0.2, 0.25) is 0 Å². The first-order valence-electron chi connectivity index (χ1n) is 4.45. The van der Waals surface area contributed by atoms with Crippen molar-refractivity contribution in [3.05, 3.63) is 60.0 Å². The maximum absolute atomic E-state index is 12.6. The van der Waals surface area contributed by atoms with Gasteiger partial charge in [-0.3, -0.25) is 0 Å². The third-order valence-corrected chi connectivity index (χ3v) is 2.28. The first kappa shape index (κ1) is 8.24. The Morgan fingerprint density at radius 3 is 2.54 bits per heavy atom. The van der Waals surface area contributed by atoms with E-state index in [1.165, 1.54) is 5.56 Å². The van der Waals surface area contributed by atoms with E-state index in [1.54, 1.807) is 12.2 Å². The fourth-order valence-corrected chi connectivity index (χ4v) is 1.54. The first-order valence-corrected chi connectivity index (χ1v) is 4.45. The van der Waals surface area contributed by atoms with Gasteiger partial charge in [-0.25, -0.2) is 4.39 Å². The highest BCUT2D eigenvalue weighted by Gasteiger charge is 2.09. The minimum absolute atomic E-state index is 0.118. The lowest BCUT2D eigenvalue weighted by atomic mass is 9.92. The molecule has 0 aliphatic heterocycles. The SMILES string of the molecule is FC1=CCC(c2ccccc2)C=C1. The highest BCUT2D eigenvalue weighted by Crippen LogP contribution is 2.26. The lowest BCUT2D eigenvalue weighted by Gasteiger charge is -2.13. The van der Waals surface area contributed by atoms with E-state index in [0.29, 0.717) is 5.92 Å². The van der Waals surface area contributed by atoms with Crippen LogP contribution in [-0.2, 0) is 0 Å². The number of hydrogen-bond acceptors (Lipinski definition) is 0. The van der Waals surface area contributed by atoms with Crippen LogP contribution in [0, 0.1) is 0 Å².